The van der Waals surface area contributed by atoms with Crippen molar-refractivity contribution in [2.24, 2.45) is 0 Å². The predicted molar refractivity (Wildman–Crippen MR) is 524 cm³/mol. The number of para-hydroxylation sites is 3. The van der Waals surface area contributed by atoms with Crippen LogP contribution in [0.5, 0.6) is 0 Å². The minimum Gasteiger partial charge on any atom is -0.311 e. The molecule has 21 rings (SSSR count). The van der Waals surface area contributed by atoms with Gasteiger partial charge >= 0.3 is 0 Å². The molecular formula is C116H102BN5. The molecule has 16 aromatic carbocycles. The van der Waals surface area contributed by atoms with Gasteiger partial charge < -0.3 is 23.5 Å². The Labute approximate surface area is 724 Å². The molecule has 122 heavy (non-hydrogen) atoms. The zero-order valence-corrected chi connectivity index (χ0v) is 72.4. The Kier molecular flexibility index (Phi) is 16.5. The molecule has 0 atom stereocenters. The molecule has 0 saturated heterocycles. The molecule has 19 aromatic rings. The third-order valence-corrected chi connectivity index (χ3v) is 26.0. The van der Waals surface area contributed by atoms with Crippen LogP contribution in [0.15, 0.2) is 346 Å². The first-order valence-electron chi connectivity index (χ1n) is 45.2. The van der Waals surface area contributed by atoms with Crippen molar-refractivity contribution >= 4 is 123 Å². The lowest BCUT2D eigenvalue weighted by molar-refractivity contribution is 0.569. The summed E-state index contributed by atoms with van der Waals surface area (Å²) in [5.74, 6) is 0. The van der Waals surface area contributed by atoms with E-state index in [1.54, 1.807) is 0 Å². The molecule has 0 saturated carbocycles. The van der Waals surface area contributed by atoms with E-state index in [1.807, 2.05) is 0 Å². The highest BCUT2D eigenvalue weighted by molar-refractivity contribution is 7.00. The van der Waals surface area contributed by atoms with Gasteiger partial charge in [-0.15, -0.1) is 0 Å². The summed E-state index contributed by atoms with van der Waals surface area (Å²) in [4.78, 5) is 5.26. The molecule has 0 bridgehead atoms. The average molecular weight is 1580 g/mol. The van der Waals surface area contributed by atoms with Crippen LogP contribution in [0.1, 0.15) is 137 Å². The smallest absolute Gasteiger partial charge is 0.252 e. The number of fused-ring (bicyclic) bond motifs is 13. The van der Waals surface area contributed by atoms with Crippen LogP contribution in [0.25, 0.3) is 138 Å². The lowest BCUT2D eigenvalue weighted by Gasteiger charge is -2.45. The Balaban J connectivity index is 0.941. The van der Waals surface area contributed by atoms with E-state index in [0.29, 0.717) is 16.3 Å². The Hall–Kier alpha value is -13.4. The Morgan fingerprint density at radius 1 is 0.230 bits per heavy atom. The monoisotopic (exact) mass is 1580 g/mol. The molecule has 5 heterocycles. The molecule has 2 aliphatic rings. The predicted octanol–water partition coefficient (Wildman–Crippen LogP) is 29.9. The summed E-state index contributed by atoms with van der Waals surface area (Å²) in [6.45, 7) is 34.5. The van der Waals surface area contributed by atoms with Gasteiger partial charge in [0.05, 0.1) is 44.3 Å². The lowest BCUT2D eigenvalue weighted by atomic mass is 9.33. The van der Waals surface area contributed by atoms with E-state index in [2.05, 4.69) is 449 Å². The molecular weight excluding hydrogens is 1470 g/mol. The summed E-state index contributed by atoms with van der Waals surface area (Å²) >= 11 is 0. The van der Waals surface area contributed by atoms with E-state index in [4.69, 9.17) is 0 Å². The third kappa shape index (κ3) is 12.6. The number of hydrogen-bond donors (Lipinski definition) is 0. The zero-order chi connectivity index (χ0) is 87.3. The normalized spacial score (nSPS) is 13.6. The highest BCUT2D eigenvalue weighted by Gasteiger charge is 2.46. The quantitative estimate of drug-likeness (QED) is 0.127. The summed E-state index contributed by atoms with van der Waals surface area (Å²) in [6, 6.07) is 120. The van der Waals surface area contributed by atoms with Gasteiger partial charge in [-0.2, -0.15) is 0 Å². The van der Waals surface area contributed by atoms with E-state index < -0.39 is 6.71 Å². The number of anilines is 6. The first kappa shape index (κ1) is 71.5. The molecule has 0 amide bonds. The summed E-state index contributed by atoms with van der Waals surface area (Å²) in [5.41, 5.74) is 33.5. The van der Waals surface area contributed by atoms with Crippen molar-refractivity contribution in [2.45, 2.75) is 131 Å². The summed E-state index contributed by atoms with van der Waals surface area (Å²) in [6.07, 6.45) is 0. The van der Waals surface area contributed by atoms with Gasteiger partial charge in [-0.1, -0.05) is 322 Å². The van der Waals surface area contributed by atoms with Crippen LogP contribution in [0, 0.1) is 0 Å². The van der Waals surface area contributed by atoms with E-state index in [9.17, 15) is 5.48 Å². The van der Waals surface area contributed by atoms with Gasteiger partial charge in [0.25, 0.3) is 6.71 Å². The van der Waals surface area contributed by atoms with Gasteiger partial charge in [0.2, 0.25) is 0 Å². The standard InChI is InChI=1S/C116H102BN5/c1-112(2,3)81-48-55-103-95(66-81)96-67-82(113(4,5)6)49-56-104(96)120(103)87-50-53-98-106(71-87)121(89-61-77(73-34-20-16-21-35-73)58-78(62-89)74-36-22-17-23-37-74)108-63-80(79-59-83(114(7,8)9)65-84(60-79)115(10,11)12)64-109-110(108)117(98)99-54-51-88(72-107(99)122(109)111-93(75-38-24-18-25-39-75)68-85(116(13,14)15)69-94(111)76-40-26-19-27-41-76)119-102-47-33-30-44-92(102)97-70-86(52-57-105(97)119)118-100-45-31-28-42-90(100)91-43-29-32-46-101(91)118/h16-72H,1-15H3/i30D,33D,44D,47D. The van der Waals surface area contributed by atoms with Crippen molar-refractivity contribution in [1.29, 1.82) is 0 Å². The molecule has 0 fully saturated rings. The topological polar surface area (TPSA) is 21.3 Å². The summed E-state index contributed by atoms with van der Waals surface area (Å²) in [7, 11) is 0. The van der Waals surface area contributed by atoms with Gasteiger partial charge in [0.1, 0.15) is 0 Å². The number of hydrogen-bond acceptors (Lipinski definition) is 2. The van der Waals surface area contributed by atoms with Crippen LogP contribution in [0.4, 0.5) is 34.1 Å². The van der Waals surface area contributed by atoms with Gasteiger partial charge in [-0.3, -0.25) is 0 Å². The minimum absolute atomic E-state index is 0.0926. The fourth-order valence-electron chi connectivity index (χ4n) is 19.5. The second-order valence-corrected chi connectivity index (χ2v) is 39.1. The van der Waals surface area contributed by atoms with Gasteiger partial charge in [0.15, 0.2) is 0 Å². The summed E-state index contributed by atoms with van der Waals surface area (Å²) < 4.78 is 46.6. The van der Waals surface area contributed by atoms with Crippen LogP contribution in [-0.2, 0) is 27.1 Å². The van der Waals surface area contributed by atoms with Crippen molar-refractivity contribution < 1.29 is 5.48 Å². The van der Waals surface area contributed by atoms with Crippen molar-refractivity contribution in [1.82, 2.24) is 13.7 Å². The largest absolute Gasteiger partial charge is 0.311 e. The van der Waals surface area contributed by atoms with Crippen molar-refractivity contribution in [3.63, 3.8) is 0 Å². The molecule has 0 aliphatic carbocycles. The van der Waals surface area contributed by atoms with Crippen LogP contribution >= 0.6 is 0 Å². The van der Waals surface area contributed by atoms with Crippen LogP contribution in [0.2, 0.25) is 0 Å². The number of nitrogens with zero attached hydrogens (tertiary/aromatic N) is 5. The molecule has 6 heteroatoms. The number of aromatic nitrogens is 3. The van der Waals surface area contributed by atoms with Crippen LogP contribution in [0.3, 0.4) is 0 Å². The molecule has 2 aliphatic heterocycles. The number of rotatable bonds is 10. The van der Waals surface area contributed by atoms with Gasteiger partial charge in [-0.05, 0) is 243 Å². The lowest BCUT2D eigenvalue weighted by Crippen LogP contribution is -2.61. The molecule has 0 unspecified atom stereocenters. The van der Waals surface area contributed by atoms with Crippen molar-refractivity contribution in [2.75, 3.05) is 9.80 Å². The molecule has 5 nitrogen and oxygen atoms in total. The zero-order valence-electron chi connectivity index (χ0n) is 76.4. The third-order valence-electron chi connectivity index (χ3n) is 26.0. The van der Waals surface area contributed by atoms with E-state index >= 15 is 0 Å². The molecule has 3 aromatic heterocycles. The van der Waals surface area contributed by atoms with Crippen molar-refractivity contribution in [3.8, 4) is 72.7 Å². The van der Waals surface area contributed by atoms with Gasteiger partial charge in [-0.25, -0.2) is 0 Å². The maximum Gasteiger partial charge on any atom is 0.252 e. The molecule has 0 N–H and O–H groups in total. The Morgan fingerprint density at radius 2 is 0.590 bits per heavy atom. The molecule has 0 spiro atoms. The van der Waals surface area contributed by atoms with Crippen LogP contribution < -0.4 is 26.2 Å². The van der Waals surface area contributed by atoms with E-state index in [0.717, 1.165) is 162 Å². The second kappa shape index (κ2) is 28.1. The SMILES string of the molecule is [2H]c1c([2H])c([2H])c2c(c1[2H])c1cc(-n3c4ccccc4c4ccccc43)ccc1n2-c1ccc2c(c1)N(c1c(-c3ccccc3)cc(C(C)(C)C)cc1-c1ccccc1)c1cc(-c3cc(C(C)(C)C)cc(C(C)(C)C)c3)cc3c1B2c1ccc(-n2c4ccc(C(C)(C)C)cc4c4cc(C(C)(C)C)ccc42)cc1N3c1cc(-c2ccccc2)cc(-c2ccccc2)c1. The highest BCUT2D eigenvalue weighted by atomic mass is 15.2. The van der Waals surface area contributed by atoms with E-state index in [-0.39, 0.29) is 51.2 Å². The highest BCUT2D eigenvalue weighted by Crippen LogP contribution is 2.55. The molecule has 594 valence electrons. The fraction of sp³-hybridized carbons (Fsp3) is 0.172. The number of benzene rings is 16. The van der Waals surface area contributed by atoms with Gasteiger partial charge in [0, 0.05) is 88.9 Å². The maximum absolute atomic E-state index is 10.3. The first-order valence-corrected chi connectivity index (χ1v) is 43.2. The van der Waals surface area contributed by atoms with Crippen molar-refractivity contribution in [3.05, 3.63) is 374 Å². The van der Waals surface area contributed by atoms with E-state index in [1.165, 1.54) is 38.6 Å². The fourth-order valence-corrected chi connectivity index (χ4v) is 19.5. The minimum atomic E-state index is -0.429. The Morgan fingerprint density at radius 3 is 1.07 bits per heavy atom. The molecule has 0 radical (unpaired) electrons. The second-order valence-electron chi connectivity index (χ2n) is 39.1. The first-order chi connectivity index (χ1) is 60.3. The maximum atomic E-state index is 10.3. The Bertz CT molecular complexity index is 7440. The average Bonchev–Trinajstić information content (AvgIpc) is 0.693. The van der Waals surface area contributed by atoms with Crippen LogP contribution in [-0.4, -0.2) is 20.4 Å². The summed E-state index contributed by atoms with van der Waals surface area (Å²) in [5, 5.41) is 5.84.